The highest BCUT2D eigenvalue weighted by Gasteiger charge is 2.19. The molecule has 0 aliphatic carbocycles. The molecule has 1 atom stereocenters. The lowest BCUT2D eigenvalue weighted by atomic mass is 10.0. The fraction of sp³-hybridized carbons (Fsp3) is 0.294. The largest absolute Gasteiger partial charge is 0.162 e. The van der Waals surface area contributed by atoms with Crippen molar-refractivity contribution in [3.05, 3.63) is 47.2 Å². The first-order valence-electron chi connectivity index (χ1n) is 7.37. The molecule has 0 spiro atoms. The maximum Gasteiger partial charge on any atom is 0.0721 e. The molecular weight excluding hydrogens is 332 g/mol. The van der Waals surface area contributed by atoms with Gasteiger partial charge < -0.3 is 0 Å². The number of benzene rings is 1. The number of thiophene rings is 1. The highest BCUT2D eigenvalue weighted by Crippen LogP contribution is 2.36. The molecule has 1 saturated heterocycles. The summed E-state index contributed by atoms with van der Waals surface area (Å²) < 4.78 is 1.22. The van der Waals surface area contributed by atoms with Crippen molar-refractivity contribution < 1.29 is 0 Å². The van der Waals surface area contributed by atoms with Crippen molar-refractivity contribution in [1.82, 2.24) is 10.2 Å². The Bertz CT molecular complexity index is 792. The Morgan fingerprint density at radius 2 is 2.09 bits per heavy atom. The molecule has 1 aliphatic rings. The van der Waals surface area contributed by atoms with Gasteiger partial charge in [0.2, 0.25) is 0 Å². The van der Waals surface area contributed by atoms with Crippen molar-refractivity contribution in [3.63, 3.8) is 0 Å². The second-order valence-corrected chi connectivity index (χ2v) is 8.29. The van der Waals surface area contributed by atoms with Crippen molar-refractivity contribution in [3.8, 4) is 10.4 Å². The van der Waals surface area contributed by atoms with Crippen LogP contribution in [0.2, 0.25) is 5.02 Å². The first-order valence-corrected chi connectivity index (χ1v) is 9.72. The summed E-state index contributed by atoms with van der Waals surface area (Å²) in [5.74, 6) is 3.30. The number of rotatable bonds is 3. The number of halogens is 1. The number of hydrogen-bond donors (Lipinski definition) is 0. The molecular formula is C17H15ClN2S2. The molecule has 0 N–H and O–H groups in total. The summed E-state index contributed by atoms with van der Waals surface area (Å²) in [6.07, 6.45) is 4.23. The molecule has 22 heavy (non-hydrogen) atoms. The van der Waals surface area contributed by atoms with Gasteiger partial charge in [-0.3, -0.25) is 0 Å². The Balaban J connectivity index is 1.72. The van der Waals surface area contributed by atoms with Crippen LogP contribution in [0.1, 0.15) is 12.1 Å². The van der Waals surface area contributed by atoms with Gasteiger partial charge in [-0.1, -0.05) is 23.7 Å². The zero-order chi connectivity index (χ0) is 14.9. The highest BCUT2D eigenvalue weighted by molar-refractivity contribution is 7.99. The maximum absolute atomic E-state index is 5.98. The number of thioether (sulfide) groups is 1. The van der Waals surface area contributed by atoms with Gasteiger partial charge in [0.1, 0.15) is 0 Å². The lowest BCUT2D eigenvalue weighted by molar-refractivity contribution is 0.585. The van der Waals surface area contributed by atoms with Gasteiger partial charge in [-0.2, -0.15) is 22.0 Å². The van der Waals surface area contributed by atoms with Crippen LogP contribution in [0, 0.1) is 5.92 Å². The third kappa shape index (κ3) is 2.87. The van der Waals surface area contributed by atoms with Crippen molar-refractivity contribution in [1.29, 1.82) is 0 Å². The first-order chi connectivity index (χ1) is 10.8. The van der Waals surface area contributed by atoms with Crippen molar-refractivity contribution in [2.75, 3.05) is 11.5 Å². The van der Waals surface area contributed by atoms with E-state index < -0.39 is 0 Å². The Morgan fingerprint density at radius 3 is 2.86 bits per heavy atom. The van der Waals surface area contributed by atoms with Crippen molar-refractivity contribution >= 4 is 44.8 Å². The average Bonchev–Trinajstić information content (AvgIpc) is 3.17. The van der Waals surface area contributed by atoms with Crippen LogP contribution in [0.15, 0.2) is 36.5 Å². The van der Waals surface area contributed by atoms with E-state index in [1.807, 2.05) is 18.3 Å². The Kier molecular flexibility index (Phi) is 4.07. The minimum Gasteiger partial charge on any atom is -0.162 e. The fourth-order valence-corrected chi connectivity index (χ4v) is 5.32. The van der Waals surface area contributed by atoms with E-state index in [1.165, 1.54) is 38.5 Å². The monoisotopic (exact) mass is 346 g/mol. The summed E-state index contributed by atoms with van der Waals surface area (Å²) >= 11 is 9.81. The number of aromatic nitrogens is 2. The Hall–Kier alpha value is -1.10. The van der Waals surface area contributed by atoms with Crippen LogP contribution in [-0.2, 0) is 6.42 Å². The molecule has 0 bridgehead atoms. The zero-order valence-corrected chi connectivity index (χ0v) is 14.3. The average molecular weight is 347 g/mol. The van der Waals surface area contributed by atoms with E-state index in [1.54, 1.807) is 11.3 Å². The Labute approximate surface area is 142 Å². The molecule has 3 aromatic rings. The molecule has 3 heterocycles. The topological polar surface area (TPSA) is 25.8 Å². The predicted octanol–water partition coefficient (Wildman–Crippen LogP) is 5.31. The summed E-state index contributed by atoms with van der Waals surface area (Å²) in [5.41, 5.74) is 2.36. The summed E-state index contributed by atoms with van der Waals surface area (Å²) in [4.78, 5) is 1.25. The van der Waals surface area contributed by atoms with E-state index in [-0.39, 0.29) is 0 Å². The van der Waals surface area contributed by atoms with Crippen LogP contribution in [0.3, 0.4) is 0 Å². The minimum atomic E-state index is 0.754. The van der Waals surface area contributed by atoms with Gasteiger partial charge in [-0.05, 0) is 54.0 Å². The molecule has 0 radical (unpaired) electrons. The Morgan fingerprint density at radius 1 is 1.23 bits per heavy atom. The fourth-order valence-electron chi connectivity index (χ4n) is 2.86. The van der Waals surface area contributed by atoms with E-state index in [9.17, 15) is 0 Å². The zero-order valence-electron chi connectivity index (χ0n) is 12.0. The van der Waals surface area contributed by atoms with E-state index in [0.717, 1.165) is 23.1 Å². The third-order valence-electron chi connectivity index (χ3n) is 4.06. The lowest BCUT2D eigenvalue weighted by Gasteiger charge is -2.07. The van der Waals surface area contributed by atoms with Gasteiger partial charge in [0.15, 0.2) is 0 Å². The standard InChI is InChI=1S/C17H15ClN2S2/c18-13-3-1-12(2-4-13)16-8-14-15(7-11-5-6-21-10-11)20-19-9-17(14)22-16/h1-4,8-9,11H,5-7,10H2. The summed E-state index contributed by atoms with van der Waals surface area (Å²) in [7, 11) is 0. The number of nitrogens with zero attached hydrogens (tertiary/aromatic N) is 2. The molecule has 2 nitrogen and oxygen atoms in total. The molecule has 1 aliphatic heterocycles. The molecule has 1 aromatic carbocycles. The summed E-state index contributed by atoms with van der Waals surface area (Å²) in [5, 5.41) is 10.7. The van der Waals surface area contributed by atoms with Gasteiger partial charge in [-0.15, -0.1) is 11.3 Å². The molecule has 112 valence electrons. The van der Waals surface area contributed by atoms with Gasteiger partial charge in [0.05, 0.1) is 16.6 Å². The second-order valence-electron chi connectivity index (χ2n) is 5.62. The van der Waals surface area contributed by atoms with Gasteiger partial charge in [-0.25, -0.2) is 0 Å². The van der Waals surface area contributed by atoms with Crippen molar-refractivity contribution in [2.45, 2.75) is 12.8 Å². The highest BCUT2D eigenvalue weighted by atomic mass is 35.5. The van der Waals surface area contributed by atoms with E-state index in [4.69, 9.17) is 11.6 Å². The van der Waals surface area contributed by atoms with E-state index >= 15 is 0 Å². The molecule has 2 aromatic heterocycles. The van der Waals surface area contributed by atoms with Gasteiger partial charge in [0.25, 0.3) is 0 Å². The van der Waals surface area contributed by atoms with Crippen LogP contribution in [0.4, 0.5) is 0 Å². The normalized spacial score (nSPS) is 18.1. The van der Waals surface area contributed by atoms with Crippen molar-refractivity contribution in [2.24, 2.45) is 5.92 Å². The predicted molar refractivity (Wildman–Crippen MR) is 97.0 cm³/mol. The van der Waals surface area contributed by atoms with Crippen LogP contribution >= 0.6 is 34.7 Å². The third-order valence-corrected chi connectivity index (χ3v) is 6.66. The SMILES string of the molecule is Clc1ccc(-c2cc3c(CC4CCSC4)nncc3s2)cc1. The maximum atomic E-state index is 5.98. The van der Waals surface area contributed by atoms with Crippen LogP contribution in [-0.4, -0.2) is 21.7 Å². The molecule has 1 fully saturated rings. The van der Waals surface area contributed by atoms with Crippen LogP contribution < -0.4 is 0 Å². The first kappa shape index (κ1) is 14.5. The molecule has 0 amide bonds. The van der Waals surface area contributed by atoms with Gasteiger partial charge >= 0.3 is 0 Å². The molecule has 4 rings (SSSR count). The number of hydrogen-bond acceptors (Lipinski definition) is 4. The number of fused-ring (bicyclic) bond motifs is 1. The van der Waals surface area contributed by atoms with E-state index in [2.05, 4.69) is 40.2 Å². The van der Waals surface area contributed by atoms with Gasteiger partial charge in [0, 0.05) is 15.3 Å². The molecule has 0 saturated carbocycles. The van der Waals surface area contributed by atoms with Crippen LogP contribution in [0.5, 0.6) is 0 Å². The second kappa shape index (κ2) is 6.19. The lowest BCUT2D eigenvalue weighted by Crippen LogP contribution is -2.05. The van der Waals surface area contributed by atoms with Crippen LogP contribution in [0.25, 0.3) is 20.5 Å². The smallest absolute Gasteiger partial charge is 0.0721 e. The quantitative estimate of drug-likeness (QED) is 0.643. The van der Waals surface area contributed by atoms with E-state index in [0.29, 0.717) is 0 Å². The molecule has 5 heteroatoms. The summed E-state index contributed by atoms with van der Waals surface area (Å²) in [6, 6.07) is 10.3. The molecule has 1 unspecified atom stereocenters. The minimum absolute atomic E-state index is 0.754. The summed E-state index contributed by atoms with van der Waals surface area (Å²) in [6.45, 7) is 0.